The topological polar surface area (TPSA) is 56.7 Å². The van der Waals surface area contributed by atoms with E-state index in [0.717, 1.165) is 5.69 Å². The summed E-state index contributed by atoms with van der Waals surface area (Å²) in [5, 5.41) is 4.32. The maximum absolute atomic E-state index is 5.70. The average Bonchev–Trinajstić information content (AvgIpc) is 2.67. The number of nitrogens with zero attached hydrogens (tertiary/aromatic N) is 3. The number of aryl methyl sites for hydroxylation is 1. The Morgan fingerprint density at radius 3 is 2.67 bits per heavy atom. The van der Waals surface area contributed by atoms with Gasteiger partial charge < -0.3 is 5.73 Å². The van der Waals surface area contributed by atoms with Gasteiger partial charge in [-0.2, -0.15) is 0 Å². The highest BCUT2D eigenvalue weighted by Crippen LogP contribution is 2.12. The summed E-state index contributed by atoms with van der Waals surface area (Å²) >= 11 is 0. The van der Waals surface area contributed by atoms with Crippen molar-refractivity contribution in [2.24, 2.45) is 5.73 Å². The van der Waals surface area contributed by atoms with Crippen LogP contribution in [0.15, 0.2) is 30.6 Å². The van der Waals surface area contributed by atoms with Gasteiger partial charge in [-0.3, -0.25) is 0 Å². The van der Waals surface area contributed by atoms with Crippen molar-refractivity contribution in [3.63, 3.8) is 0 Å². The molecule has 0 saturated heterocycles. The second kappa shape index (κ2) is 3.82. The maximum atomic E-state index is 5.70. The minimum atomic E-state index is -0.129. The molecule has 1 aromatic heterocycles. The fraction of sp³-hybridized carbons (Fsp3) is 0.273. The van der Waals surface area contributed by atoms with Gasteiger partial charge in [0.2, 0.25) is 0 Å². The number of benzene rings is 1. The Labute approximate surface area is 88.8 Å². The van der Waals surface area contributed by atoms with Gasteiger partial charge in [-0.1, -0.05) is 18.2 Å². The quantitative estimate of drug-likeness (QED) is 0.804. The minimum absolute atomic E-state index is 0.129. The first-order chi connectivity index (χ1) is 7.18. The first-order valence-corrected chi connectivity index (χ1v) is 4.91. The van der Waals surface area contributed by atoms with Crippen molar-refractivity contribution in [3.05, 3.63) is 42.0 Å². The lowest BCUT2D eigenvalue weighted by Crippen LogP contribution is -2.08. The molecule has 0 radical (unpaired) electrons. The van der Waals surface area contributed by atoms with E-state index in [-0.39, 0.29) is 6.04 Å². The van der Waals surface area contributed by atoms with Crippen LogP contribution in [-0.4, -0.2) is 14.8 Å². The maximum Gasteiger partial charge on any atom is 0.167 e. The number of nitrogens with two attached hydrogens (primary N) is 1. The van der Waals surface area contributed by atoms with Crippen LogP contribution in [0.4, 0.5) is 0 Å². The predicted molar refractivity (Wildman–Crippen MR) is 58.7 cm³/mol. The average molecular weight is 202 g/mol. The SMILES string of the molecule is Cc1ccccc1-n1cnc(C(C)N)n1. The third kappa shape index (κ3) is 1.89. The molecule has 0 saturated carbocycles. The van der Waals surface area contributed by atoms with Crippen molar-refractivity contribution >= 4 is 0 Å². The molecule has 4 nitrogen and oxygen atoms in total. The molecule has 1 unspecified atom stereocenters. The Morgan fingerprint density at radius 2 is 2.07 bits per heavy atom. The second-order valence-corrected chi connectivity index (χ2v) is 3.62. The lowest BCUT2D eigenvalue weighted by molar-refractivity contribution is 0.725. The zero-order valence-electron chi connectivity index (χ0n) is 8.88. The van der Waals surface area contributed by atoms with Crippen molar-refractivity contribution in [1.29, 1.82) is 0 Å². The second-order valence-electron chi connectivity index (χ2n) is 3.62. The molecular formula is C11H14N4. The molecule has 0 aliphatic carbocycles. The van der Waals surface area contributed by atoms with Crippen molar-refractivity contribution in [2.45, 2.75) is 19.9 Å². The number of rotatable bonds is 2. The molecule has 1 atom stereocenters. The van der Waals surface area contributed by atoms with Crippen molar-refractivity contribution in [3.8, 4) is 5.69 Å². The Hall–Kier alpha value is -1.68. The van der Waals surface area contributed by atoms with E-state index in [1.165, 1.54) is 5.56 Å². The first-order valence-electron chi connectivity index (χ1n) is 4.91. The van der Waals surface area contributed by atoms with E-state index in [0.29, 0.717) is 5.82 Å². The molecule has 0 spiro atoms. The standard InChI is InChI=1S/C11H14N4/c1-8-5-3-4-6-10(8)15-7-13-11(14-15)9(2)12/h3-7,9H,12H2,1-2H3. The summed E-state index contributed by atoms with van der Waals surface area (Å²) in [4.78, 5) is 4.16. The van der Waals surface area contributed by atoms with E-state index >= 15 is 0 Å². The van der Waals surface area contributed by atoms with Gasteiger partial charge in [-0.05, 0) is 25.5 Å². The smallest absolute Gasteiger partial charge is 0.167 e. The van der Waals surface area contributed by atoms with Gasteiger partial charge in [0, 0.05) is 0 Å². The lowest BCUT2D eigenvalue weighted by atomic mass is 10.2. The third-order valence-electron chi connectivity index (χ3n) is 2.28. The highest BCUT2D eigenvalue weighted by Gasteiger charge is 2.07. The lowest BCUT2D eigenvalue weighted by Gasteiger charge is -2.03. The molecule has 0 bridgehead atoms. The van der Waals surface area contributed by atoms with E-state index in [9.17, 15) is 0 Å². The molecule has 15 heavy (non-hydrogen) atoms. The van der Waals surface area contributed by atoms with Gasteiger partial charge in [0.25, 0.3) is 0 Å². The van der Waals surface area contributed by atoms with Crippen molar-refractivity contribution in [1.82, 2.24) is 14.8 Å². The first kappa shape index (κ1) is 9.86. The molecule has 2 rings (SSSR count). The molecule has 0 amide bonds. The monoisotopic (exact) mass is 202 g/mol. The largest absolute Gasteiger partial charge is 0.321 e. The van der Waals surface area contributed by atoms with E-state index in [4.69, 9.17) is 5.73 Å². The summed E-state index contributed by atoms with van der Waals surface area (Å²) < 4.78 is 1.76. The van der Waals surface area contributed by atoms with Gasteiger partial charge in [0.1, 0.15) is 6.33 Å². The molecule has 2 aromatic rings. The number of para-hydroxylation sites is 1. The van der Waals surface area contributed by atoms with Gasteiger partial charge in [0.05, 0.1) is 11.7 Å². The Balaban J connectivity index is 2.42. The molecular weight excluding hydrogens is 188 g/mol. The molecule has 78 valence electrons. The minimum Gasteiger partial charge on any atom is -0.321 e. The van der Waals surface area contributed by atoms with Crippen LogP contribution in [0.1, 0.15) is 24.4 Å². The molecule has 1 aromatic carbocycles. The Kier molecular flexibility index (Phi) is 2.51. The van der Waals surface area contributed by atoms with Crippen LogP contribution < -0.4 is 5.73 Å². The van der Waals surface area contributed by atoms with Crippen LogP contribution in [0.25, 0.3) is 5.69 Å². The van der Waals surface area contributed by atoms with Crippen LogP contribution in [0.3, 0.4) is 0 Å². The Morgan fingerprint density at radius 1 is 1.33 bits per heavy atom. The van der Waals surface area contributed by atoms with Crippen molar-refractivity contribution in [2.75, 3.05) is 0 Å². The van der Waals surface area contributed by atoms with E-state index in [2.05, 4.69) is 10.1 Å². The predicted octanol–water partition coefficient (Wildman–Crippen LogP) is 1.60. The number of hydrogen-bond donors (Lipinski definition) is 1. The van der Waals surface area contributed by atoms with Gasteiger partial charge in [-0.25, -0.2) is 9.67 Å². The molecule has 1 heterocycles. The molecule has 0 fully saturated rings. The highest BCUT2D eigenvalue weighted by atomic mass is 15.3. The van der Waals surface area contributed by atoms with Gasteiger partial charge >= 0.3 is 0 Å². The number of hydrogen-bond acceptors (Lipinski definition) is 3. The summed E-state index contributed by atoms with van der Waals surface area (Å²) in [5.41, 5.74) is 7.91. The molecule has 0 aliphatic rings. The van der Waals surface area contributed by atoms with E-state index in [1.54, 1.807) is 11.0 Å². The summed E-state index contributed by atoms with van der Waals surface area (Å²) in [6.07, 6.45) is 1.70. The summed E-state index contributed by atoms with van der Waals surface area (Å²) in [5.74, 6) is 0.665. The molecule has 2 N–H and O–H groups in total. The fourth-order valence-electron chi connectivity index (χ4n) is 1.42. The summed E-state index contributed by atoms with van der Waals surface area (Å²) in [6.45, 7) is 3.92. The van der Waals surface area contributed by atoms with Crippen LogP contribution in [0.5, 0.6) is 0 Å². The normalized spacial score (nSPS) is 12.7. The highest BCUT2D eigenvalue weighted by molar-refractivity contribution is 5.38. The fourth-order valence-corrected chi connectivity index (χ4v) is 1.42. The molecule has 0 aliphatic heterocycles. The van der Waals surface area contributed by atoms with Crippen LogP contribution in [0, 0.1) is 6.92 Å². The summed E-state index contributed by atoms with van der Waals surface area (Å²) in [6, 6.07) is 7.91. The van der Waals surface area contributed by atoms with Crippen molar-refractivity contribution < 1.29 is 0 Å². The third-order valence-corrected chi connectivity index (χ3v) is 2.28. The zero-order chi connectivity index (χ0) is 10.8. The van der Waals surface area contributed by atoms with Crippen LogP contribution >= 0.6 is 0 Å². The summed E-state index contributed by atoms with van der Waals surface area (Å²) in [7, 11) is 0. The van der Waals surface area contributed by atoms with E-state index < -0.39 is 0 Å². The van der Waals surface area contributed by atoms with Crippen LogP contribution in [0.2, 0.25) is 0 Å². The van der Waals surface area contributed by atoms with Gasteiger partial charge in [0.15, 0.2) is 5.82 Å². The Bertz CT molecular complexity index is 459. The molecule has 4 heteroatoms. The van der Waals surface area contributed by atoms with Crippen LogP contribution in [-0.2, 0) is 0 Å². The van der Waals surface area contributed by atoms with Gasteiger partial charge in [-0.15, -0.1) is 5.10 Å². The zero-order valence-corrected chi connectivity index (χ0v) is 8.88. The number of aromatic nitrogens is 3. The van der Waals surface area contributed by atoms with E-state index in [1.807, 2.05) is 38.1 Å².